The maximum Gasteiger partial charge on any atom is 0.215 e. The van der Waals surface area contributed by atoms with Crippen LogP contribution >= 0.6 is 0 Å². The van der Waals surface area contributed by atoms with Crippen molar-refractivity contribution in [3.8, 4) is 12.3 Å². The van der Waals surface area contributed by atoms with Crippen molar-refractivity contribution in [3.05, 3.63) is 0 Å². The standard InChI is InChI=1S/C10H17NO2S/c1-3-7-10(4-2)11-8-5-6-9-14(11,12)13/h2,10H,3,5-9H2,1H3. The Morgan fingerprint density at radius 2 is 2.21 bits per heavy atom. The molecule has 0 saturated carbocycles. The maximum absolute atomic E-state index is 11.7. The molecule has 1 aliphatic rings. The van der Waals surface area contributed by atoms with E-state index < -0.39 is 10.0 Å². The van der Waals surface area contributed by atoms with Crippen molar-refractivity contribution in [1.29, 1.82) is 0 Å². The average Bonchev–Trinajstić information content (AvgIpc) is 2.14. The van der Waals surface area contributed by atoms with Crippen molar-refractivity contribution >= 4 is 10.0 Å². The Morgan fingerprint density at radius 3 is 2.71 bits per heavy atom. The normalized spacial score (nSPS) is 24.0. The van der Waals surface area contributed by atoms with E-state index in [-0.39, 0.29) is 11.8 Å². The molecule has 1 unspecified atom stereocenters. The fourth-order valence-electron chi connectivity index (χ4n) is 1.74. The van der Waals surface area contributed by atoms with Gasteiger partial charge in [0, 0.05) is 6.54 Å². The molecule has 1 rings (SSSR count). The van der Waals surface area contributed by atoms with Gasteiger partial charge in [-0.3, -0.25) is 0 Å². The second-order valence-corrected chi connectivity index (χ2v) is 5.65. The lowest BCUT2D eigenvalue weighted by molar-refractivity contribution is 0.333. The van der Waals surface area contributed by atoms with Gasteiger partial charge in [-0.05, 0) is 19.3 Å². The van der Waals surface area contributed by atoms with Gasteiger partial charge in [-0.15, -0.1) is 6.42 Å². The van der Waals surface area contributed by atoms with E-state index in [0.29, 0.717) is 6.54 Å². The van der Waals surface area contributed by atoms with Gasteiger partial charge in [0.1, 0.15) is 0 Å². The number of hydrogen-bond acceptors (Lipinski definition) is 2. The lowest BCUT2D eigenvalue weighted by Gasteiger charge is -2.30. The van der Waals surface area contributed by atoms with Gasteiger partial charge >= 0.3 is 0 Å². The molecule has 0 radical (unpaired) electrons. The van der Waals surface area contributed by atoms with Gasteiger partial charge in [0.05, 0.1) is 11.8 Å². The predicted octanol–water partition coefficient (Wildman–Crippen LogP) is 1.21. The van der Waals surface area contributed by atoms with Crippen LogP contribution in [0.5, 0.6) is 0 Å². The molecule has 1 heterocycles. The van der Waals surface area contributed by atoms with Crippen LogP contribution in [0, 0.1) is 12.3 Å². The highest BCUT2D eigenvalue weighted by Gasteiger charge is 2.30. The molecule has 14 heavy (non-hydrogen) atoms. The van der Waals surface area contributed by atoms with E-state index in [1.54, 1.807) is 0 Å². The third kappa shape index (κ3) is 2.49. The van der Waals surface area contributed by atoms with Crippen molar-refractivity contribution in [2.24, 2.45) is 0 Å². The smallest absolute Gasteiger partial charge is 0.212 e. The molecule has 1 atom stereocenters. The fraction of sp³-hybridized carbons (Fsp3) is 0.800. The average molecular weight is 215 g/mol. The Hall–Kier alpha value is -0.530. The largest absolute Gasteiger partial charge is 0.215 e. The Bertz CT molecular complexity index is 316. The van der Waals surface area contributed by atoms with Gasteiger partial charge in [-0.25, -0.2) is 8.42 Å². The third-order valence-electron chi connectivity index (χ3n) is 2.49. The first-order valence-corrected chi connectivity index (χ1v) is 6.68. The molecule has 0 aromatic heterocycles. The topological polar surface area (TPSA) is 37.4 Å². The predicted molar refractivity (Wildman–Crippen MR) is 57.3 cm³/mol. The Balaban J connectivity index is 2.78. The maximum atomic E-state index is 11.7. The first-order chi connectivity index (χ1) is 6.61. The number of hydrogen-bond donors (Lipinski definition) is 0. The van der Waals surface area contributed by atoms with E-state index in [0.717, 1.165) is 25.7 Å². The van der Waals surface area contributed by atoms with Crippen LogP contribution < -0.4 is 0 Å². The molecule has 0 aromatic rings. The Morgan fingerprint density at radius 1 is 1.50 bits per heavy atom. The van der Waals surface area contributed by atoms with Crippen molar-refractivity contribution in [2.45, 2.75) is 38.6 Å². The summed E-state index contributed by atoms with van der Waals surface area (Å²) in [7, 11) is -3.07. The lowest BCUT2D eigenvalue weighted by atomic mass is 10.1. The number of rotatable bonds is 3. The van der Waals surface area contributed by atoms with Crippen molar-refractivity contribution in [2.75, 3.05) is 12.3 Å². The van der Waals surface area contributed by atoms with Crippen LogP contribution in [0.3, 0.4) is 0 Å². The van der Waals surface area contributed by atoms with Crippen molar-refractivity contribution in [1.82, 2.24) is 4.31 Å². The first-order valence-electron chi connectivity index (χ1n) is 5.07. The SMILES string of the molecule is C#CC(CCC)N1CCCCS1(=O)=O. The minimum Gasteiger partial charge on any atom is -0.212 e. The minimum absolute atomic E-state index is 0.231. The summed E-state index contributed by atoms with van der Waals surface area (Å²) in [5.74, 6) is 2.83. The van der Waals surface area contributed by atoms with Crippen LogP contribution in [0.4, 0.5) is 0 Å². The monoisotopic (exact) mass is 215 g/mol. The zero-order valence-corrected chi connectivity index (χ0v) is 9.39. The van der Waals surface area contributed by atoms with Crippen LogP contribution in [-0.4, -0.2) is 31.1 Å². The molecular formula is C10H17NO2S. The van der Waals surface area contributed by atoms with E-state index in [4.69, 9.17) is 6.42 Å². The van der Waals surface area contributed by atoms with Gasteiger partial charge in [-0.1, -0.05) is 19.3 Å². The van der Waals surface area contributed by atoms with Crippen LogP contribution in [0.25, 0.3) is 0 Å². The summed E-state index contributed by atoms with van der Waals surface area (Å²) >= 11 is 0. The molecule has 0 spiro atoms. The molecule has 3 nitrogen and oxygen atoms in total. The summed E-state index contributed by atoms with van der Waals surface area (Å²) in [6, 6.07) is -0.231. The van der Waals surface area contributed by atoms with Crippen LogP contribution in [-0.2, 0) is 10.0 Å². The molecule has 80 valence electrons. The first kappa shape index (κ1) is 11.5. The van der Waals surface area contributed by atoms with Gasteiger partial charge in [0.25, 0.3) is 0 Å². The highest BCUT2D eigenvalue weighted by molar-refractivity contribution is 7.89. The fourth-order valence-corrected chi connectivity index (χ4v) is 3.51. The van der Waals surface area contributed by atoms with E-state index in [2.05, 4.69) is 5.92 Å². The van der Waals surface area contributed by atoms with Crippen molar-refractivity contribution < 1.29 is 8.42 Å². The third-order valence-corrected chi connectivity index (χ3v) is 4.45. The van der Waals surface area contributed by atoms with Gasteiger partial charge in [-0.2, -0.15) is 4.31 Å². The highest BCUT2D eigenvalue weighted by atomic mass is 32.2. The second kappa shape index (κ2) is 4.81. The summed E-state index contributed by atoms with van der Waals surface area (Å²) in [5.41, 5.74) is 0. The molecule has 1 fully saturated rings. The second-order valence-electron chi connectivity index (χ2n) is 3.60. The summed E-state index contributed by atoms with van der Waals surface area (Å²) in [4.78, 5) is 0. The van der Waals surface area contributed by atoms with Crippen LogP contribution in [0.2, 0.25) is 0 Å². The van der Waals surface area contributed by atoms with Gasteiger partial charge < -0.3 is 0 Å². The number of terminal acetylenes is 1. The Kier molecular flexibility index (Phi) is 3.97. The summed E-state index contributed by atoms with van der Waals surface area (Å²) in [6.45, 7) is 2.61. The van der Waals surface area contributed by atoms with Gasteiger partial charge in [0.15, 0.2) is 0 Å². The molecule has 0 aromatic carbocycles. The number of sulfonamides is 1. The highest BCUT2D eigenvalue weighted by Crippen LogP contribution is 2.19. The lowest BCUT2D eigenvalue weighted by Crippen LogP contribution is -2.44. The molecular weight excluding hydrogens is 198 g/mol. The Labute approximate surface area is 86.5 Å². The number of nitrogens with zero attached hydrogens (tertiary/aromatic N) is 1. The van der Waals surface area contributed by atoms with E-state index in [1.165, 1.54) is 4.31 Å². The molecule has 0 amide bonds. The van der Waals surface area contributed by atoms with Crippen LogP contribution in [0.15, 0.2) is 0 Å². The molecule has 0 bridgehead atoms. The van der Waals surface area contributed by atoms with Crippen LogP contribution in [0.1, 0.15) is 32.6 Å². The quantitative estimate of drug-likeness (QED) is 0.664. The minimum atomic E-state index is -3.07. The molecule has 1 aliphatic heterocycles. The van der Waals surface area contributed by atoms with Gasteiger partial charge in [0.2, 0.25) is 10.0 Å². The zero-order chi connectivity index (χ0) is 10.6. The molecule has 0 aliphatic carbocycles. The summed E-state index contributed by atoms with van der Waals surface area (Å²) in [6.07, 6.45) is 8.73. The molecule has 1 saturated heterocycles. The van der Waals surface area contributed by atoms with E-state index >= 15 is 0 Å². The summed E-state index contributed by atoms with van der Waals surface area (Å²) in [5, 5.41) is 0. The van der Waals surface area contributed by atoms with E-state index in [1.807, 2.05) is 6.92 Å². The zero-order valence-electron chi connectivity index (χ0n) is 8.57. The summed E-state index contributed by atoms with van der Waals surface area (Å²) < 4.78 is 24.9. The van der Waals surface area contributed by atoms with E-state index in [9.17, 15) is 8.42 Å². The van der Waals surface area contributed by atoms with Crippen molar-refractivity contribution in [3.63, 3.8) is 0 Å². The molecule has 4 heteroatoms. The molecule has 0 N–H and O–H groups in total.